The summed E-state index contributed by atoms with van der Waals surface area (Å²) in [7, 11) is 0. The van der Waals surface area contributed by atoms with Crippen LogP contribution in [0.25, 0.3) is 0 Å². The third kappa shape index (κ3) is 3.87. The van der Waals surface area contributed by atoms with Crippen LogP contribution in [-0.4, -0.2) is 10.2 Å². The number of benzene rings is 1. The largest absolute Gasteiger partial charge is 0.508 e. The molecule has 0 saturated carbocycles. The second-order valence-corrected chi connectivity index (χ2v) is 5.44. The molecule has 2 heteroatoms. The second kappa shape index (κ2) is 9.59. The van der Waals surface area contributed by atoms with Gasteiger partial charge in [0.15, 0.2) is 0 Å². The summed E-state index contributed by atoms with van der Waals surface area (Å²) in [5.41, 5.74) is 2.07. The summed E-state index contributed by atoms with van der Waals surface area (Å²) in [6.45, 7) is 17.5. The van der Waals surface area contributed by atoms with Crippen molar-refractivity contribution in [1.29, 1.82) is 0 Å². The molecule has 26 heavy (non-hydrogen) atoms. The average Bonchev–Trinajstić information content (AvgIpc) is 2.78. The van der Waals surface area contributed by atoms with Crippen LogP contribution in [0.5, 0.6) is 5.75 Å². The Balaban J connectivity index is 0.00000163. The molecule has 0 saturated heterocycles. The van der Waals surface area contributed by atoms with Crippen molar-refractivity contribution in [3.05, 3.63) is 114 Å². The maximum absolute atomic E-state index is 11.8. The smallest absolute Gasteiger partial charge is 0.141 e. The molecule has 0 bridgehead atoms. The van der Waals surface area contributed by atoms with Crippen molar-refractivity contribution >= 4 is 0 Å². The number of aromatic hydroxyl groups is 1. The van der Waals surface area contributed by atoms with E-state index in [1.54, 1.807) is 42.5 Å². The van der Waals surface area contributed by atoms with E-state index in [0.717, 1.165) is 11.1 Å². The van der Waals surface area contributed by atoms with Crippen molar-refractivity contribution < 1.29 is 10.2 Å². The van der Waals surface area contributed by atoms with Gasteiger partial charge in [0.05, 0.1) is 0 Å². The van der Waals surface area contributed by atoms with E-state index < -0.39 is 5.60 Å². The van der Waals surface area contributed by atoms with Crippen LogP contribution in [0.2, 0.25) is 0 Å². The van der Waals surface area contributed by atoms with Crippen LogP contribution in [-0.2, 0) is 5.60 Å². The van der Waals surface area contributed by atoms with Gasteiger partial charge in [0, 0.05) is 0 Å². The Bertz CT molecular complexity index is 786. The highest BCUT2D eigenvalue weighted by molar-refractivity contribution is 5.62. The SMILES string of the molecule is C=CC1=C(C=C)C(O)(c2ccc(O)cc2)C(C=C)=C(/C=C\C)C=C1.CC. The Kier molecular flexibility index (Phi) is 7.82. The lowest BCUT2D eigenvalue weighted by Crippen LogP contribution is -2.30. The maximum atomic E-state index is 11.8. The third-order valence-electron chi connectivity index (χ3n) is 4.10. The van der Waals surface area contributed by atoms with Crippen LogP contribution >= 0.6 is 0 Å². The van der Waals surface area contributed by atoms with Crippen LogP contribution in [0.3, 0.4) is 0 Å². The average molecular weight is 348 g/mol. The number of allylic oxidation sites excluding steroid dienone is 7. The van der Waals surface area contributed by atoms with Gasteiger partial charge in [-0.15, -0.1) is 0 Å². The van der Waals surface area contributed by atoms with Crippen LogP contribution in [0.4, 0.5) is 0 Å². The topological polar surface area (TPSA) is 40.5 Å². The molecular formula is C24H28O2. The van der Waals surface area contributed by atoms with Crippen LogP contribution in [0, 0.1) is 0 Å². The summed E-state index contributed by atoms with van der Waals surface area (Å²) < 4.78 is 0. The van der Waals surface area contributed by atoms with Gasteiger partial charge in [-0.1, -0.05) is 88.2 Å². The Morgan fingerprint density at radius 3 is 1.81 bits per heavy atom. The molecule has 1 aromatic rings. The Morgan fingerprint density at radius 1 is 0.846 bits per heavy atom. The predicted octanol–water partition coefficient (Wildman–Crippen LogP) is 5.90. The van der Waals surface area contributed by atoms with E-state index in [4.69, 9.17) is 0 Å². The summed E-state index contributed by atoms with van der Waals surface area (Å²) in [5.74, 6) is 0.139. The first kappa shape index (κ1) is 21.2. The van der Waals surface area contributed by atoms with E-state index >= 15 is 0 Å². The first-order valence-corrected chi connectivity index (χ1v) is 8.72. The van der Waals surface area contributed by atoms with Gasteiger partial charge in [-0.05, 0) is 46.9 Å². The standard InChI is InChI=1S/C22H22O2.C2H6/c1-5-9-17-11-10-16(6-2)20(7-3)22(24,21(17)8-4)18-12-14-19(23)15-13-18;1-2/h5-15,23-24H,2-4H2,1H3;1-2H3/b9-5-;. The quantitative estimate of drug-likeness (QED) is 0.695. The predicted molar refractivity (Wildman–Crippen MR) is 112 cm³/mol. The molecule has 0 heterocycles. The van der Waals surface area contributed by atoms with E-state index in [1.165, 1.54) is 0 Å². The first-order valence-electron chi connectivity index (χ1n) is 8.72. The van der Waals surface area contributed by atoms with Gasteiger partial charge in [0.25, 0.3) is 0 Å². The zero-order chi connectivity index (χ0) is 19.7. The van der Waals surface area contributed by atoms with E-state index in [1.807, 2.05) is 45.1 Å². The number of rotatable bonds is 5. The van der Waals surface area contributed by atoms with Crippen LogP contribution < -0.4 is 0 Å². The molecule has 1 aliphatic carbocycles. The van der Waals surface area contributed by atoms with Crippen molar-refractivity contribution in [2.45, 2.75) is 26.4 Å². The molecule has 0 radical (unpaired) electrons. The molecule has 0 spiro atoms. The van der Waals surface area contributed by atoms with Gasteiger partial charge in [0.2, 0.25) is 0 Å². The third-order valence-corrected chi connectivity index (χ3v) is 4.10. The molecular weight excluding hydrogens is 320 g/mol. The highest BCUT2D eigenvalue weighted by atomic mass is 16.3. The van der Waals surface area contributed by atoms with Crippen molar-refractivity contribution in [3.8, 4) is 5.75 Å². The van der Waals surface area contributed by atoms with Gasteiger partial charge in [-0.2, -0.15) is 0 Å². The Morgan fingerprint density at radius 2 is 1.35 bits per heavy atom. The summed E-state index contributed by atoms with van der Waals surface area (Å²) in [6, 6.07) is 6.50. The summed E-state index contributed by atoms with van der Waals surface area (Å²) >= 11 is 0. The highest BCUT2D eigenvalue weighted by Gasteiger charge is 2.38. The number of phenolic OH excluding ortho intramolecular Hbond substituents is 1. The lowest BCUT2D eigenvalue weighted by molar-refractivity contribution is 0.123. The minimum atomic E-state index is -1.45. The minimum absolute atomic E-state index is 0.139. The van der Waals surface area contributed by atoms with Gasteiger partial charge < -0.3 is 10.2 Å². The molecule has 2 nitrogen and oxygen atoms in total. The van der Waals surface area contributed by atoms with Crippen molar-refractivity contribution in [3.63, 3.8) is 0 Å². The monoisotopic (exact) mass is 348 g/mol. The fourth-order valence-electron chi connectivity index (χ4n) is 2.97. The Hall–Kier alpha value is -2.84. The maximum Gasteiger partial charge on any atom is 0.141 e. The zero-order valence-electron chi connectivity index (χ0n) is 15.9. The van der Waals surface area contributed by atoms with E-state index in [-0.39, 0.29) is 5.75 Å². The van der Waals surface area contributed by atoms with E-state index in [9.17, 15) is 10.2 Å². The van der Waals surface area contributed by atoms with Crippen LogP contribution in [0.15, 0.2) is 109 Å². The first-order chi connectivity index (χ1) is 12.5. The molecule has 0 aliphatic heterocycles. The molecule has 0 amide bonds. The fourth-order valence-corrected chi connectivity index (χ4v) is 2.97. The van der Waals surface area contributed by atoms with Gasteiger partial charge in [-0.25, -0.2) is 0 Å². The summed E-state index contributed by atoms with van der Waals surface area (Å²) in [6.07, 6.45) is 12.6. The lowest BCUT2D eigenvalue weighted by atomic mass is 9.76. The fraction of sp³-hybridized carbons (Fsp3) is 0.167. The summed E-state index contributed by atoms with van der Waals surface area (Å²) in [5, 5.41) is 21.4. The molecule has 0 aromatic heterocycles. The number of hydrogen-bond acceptors (Lipinski definition) is 2. The highest BCUT2D eigenvalue weighted by Crippen LogP contribution is 2.43. The van der Waals surface area contributed by atoms with Crippen molar-refractivity contribution in [2.75, 3.05) is 0 Å². The molecule has 2 N–H and O–H groups in total. The number of aliphatic hydroxyl groups is 1. The molecule has 1 aromatic carbocycles. The Labute approximate surface area is 157 Å². The van der Waals surface area contributed by atoms with Crippen molar-refractivity contribution in [1.82, 2.24) is 0 Å². The van der Waals surface area contributed by atoms with Gasteiger partial charge >= 0.3 is 0 Å². The van der Waals surface area contributed by atoms with Gasteiger partial charge in [-0.3, -0.25) is 0 Å². The minimum Gasteiger partial charge on any atom is -0.508 e. The molecule has 1 atom stereocenters. The normalized spacial score (nSPS) is 19.7. The molecule has 2 rings (SSSR count). The second-order valence-electron chi connectivity index (χ2n) is 5.44. The van der Waals surface area contributed by atoms with Crippen molar-refractivity contribution in [2.24, 2.45) is 0 Å². The van der Waals surface area contributed by atoms with E-state index in [2.05, 4.69) is 19.7 Å². The van der Waals surface area contributed by atoms with Gasteiger partial charge in [0.1, 0.15) is 11.4 Å². The van der Waals surface area contributed by atoms with E-state index in [0.29, 0.717) is 16.7 Å². The molecule has 1 unspecified atom stereocenters. The molecule has 1 aliphatic rings. The lowest BCUT2D eigenvalue weighted by Gasteiger charge is -2.33. The summed E-state index contributed by atoms with van der Waals surface area (Å²) in [4.78, 5) is 0. The number of hydrogen-bond donors (Lipinski definition) is 2. The zero-order valence-corrected chi connectivity index (χ0v) is 15.9. The number of phenols is 1. The molecule has 0 fully saturated rings. The molecule has 136 valence electrons. The van der Waals surface area contributed by atoms with Crippen LogP contribution in [0.1, 0.15) is 26.3 Å².